The van der Waals surface area contributed by atoms with Crippen molar-refractivity contribution in [1.82, 2.24) is 0 Å². The fraction of sp³-hybridized carbons (Fsp3) is 0.364. The number of anilines is 2. The molecule has 0 aromatic heterocycles. The van der Waals surface area contributed by atoms with Crippen LogP contribution in [0.25, 0.3) is 0 Å². The van der Waals surface area contributed by atoms with Gasteiger partial charge in [-0.15, -0.1) is 0 Å². The Balaban J connectivity index is 2.43. The van der Waals surface area contributed by atoms with Crippen LogP contribution in [-0.4, -0.2) is 12.5 Å². The molecule has 2 rings (SSSR count). The molecule has 0 fully saturated rings. The van der Waals surface area contributed by atoms with E-state index >= 15 is 0 Å². The zero-order valence-electron chi connectivity index (χ0n) is 8.42. The van der Waals surface area contributed by atoms with E-state index in [0.717, 1.165) is 16.9 Å². The first-order chi connectivity index (χ1) is 6.68. The van der Waals surface area contributed by atoms with Crippen molar-refractivity contribution in [3.63, 3.8) is 0 Å². The van der Waals surface area contributed by atoms with Gasteiger partial charge in [0.15, 0.2) is 0 Å². The fourth-order valence-electron chi connectivity index (χ4n) is 1.58. The van der Waals surface area contributed by atoms with Gasteiger partial charge in [0, 0.05) is 6.54 Å². The molecule has 1 aliphatic heterocycles. The van der Waals surface area contributed by atoms with E-state index in [1.54, 1.807) is 0 Å². The molecule has 3 heteroatoms. The first kappa shape index (κ1) is 9.06. The Kier molecular flexibility index (Phi) is 2.15. The molecule has 0 bridgehead atoms. The standard InChI is InChI=1S/C11H14N2O/c1-7-4-3-5-9-10(7)13-11(14)8(2)6-12-9/h3-5,8,12H,6H2,1-2H3,(H,13,14). The van der Waals surface area contributed by atoms with Gasteiger partial charge in [-0.1, -0.05) is 19.1 Å². The zero-order valence-corrected chi connectivity index (χ0v) is 8.42. The van der Waals surface area contributed by atoms with E-state index in [-0.39, 0.29) is 11.8 Å². The molecule has 1 heterocycles. The second-order valence-electron chi connectivity index (χ2n) is 3.77. The van der Waals surface area contributed by atoms with E-state index in [1.165, 1.54) is 0 Å². The van der Waals surface area contributed by atoms with Gasteiger partial charge >= 0.3 is 0 Å². The van der Waals surface area contributed by atoms with Gasteiger partial charge in [-0.25, -0.2) is 0 Å². The largest absolute Gasteiger partial charge is 0.383 e. The second-order valence-corrected chi connectivity index (χ2v) is 3.77. The summed E-state index contributed by atoms with van der Waals surface area (Å²) < 4.78 is 0. The van der Waals surface area contributed by atoms with Crippen LogP contribution in [0.5, 0.6) is 0 Å². The Bertz CT molecular complexity index is 374. The summed E-state index contributed by atoms with van der Waals surface area (Å²) in [5, 5.41) is 6.20. The third-order valence-electron chi connectivity index (χ3n) is 2.57. The van der Waals surface area contributed by atoms with Gasteiger partial charge in [0.25, 0.3) is 0 Å². The summed E-state index contributed by atoms with van der Waals surface area (Å²) in [6, 6.07) is 5.97. The molecule has 1 amide bonds. The Morgan fingerprint density at radius 1 is 1.43 bits per heavy atom. The van der Waals surface area contributed by atoms with Gasteiger partial charge < -0.3 is 10.6 Å². The van der Waals surface area contributed by atoms with Crippen molar-refractivity contribution in [3.05, 3.63) is 23.8 Å². The summed E-state index contributed by atoms with van der Waals surface area (Å²) in [6.45, 7) is 4.61. The molecule has 1 unspecified atom stereocenters. The van der Waals surface area contributed by atoms with Gasteiger partial charge in [0.1, 0.15) is 0 Å². The van der Waals surface area contributed by atoms with Crippen molar-refractivity contribution in [2.24, 2.45) is 5.92 Å². The van der Waals surface area contributed by atoms with Gasteiger partial charge in [-0.3, -0.25) is 4.79 Å². The number of aryl methyl sites for hydroxylation is 1. The summed E-state index contributed by atoms with van der Waals surface area (Å²) >= 11 is 0. The Labute approximate surface area is 83.5 Å². The summed E-state index contributed by atoms with van der Waals surface area (Å²) in [5.74, 6) is 0.104. The molecular formula is C11H14N2O. The molecular weight excluding hydrogens is 176 g/mol. The number of hydrogen-bond donors (Lipinski definition) is 2. The lowest BCUT2D eigenvalue weighted by molar-refractivity contribution is -0.118. The molecule has 1 aromatic rings. The van der Waals surface area contributed by atoms with Crippen LogP contribution in [0.15, 0.2) is 18.2 Å². The lowest BCUT2D eigenvalue weighted by atomic mass is 10.1. The van der Waals surface area contributed by atoms with Gasteiger partial charge in [-0.05, 0) is 18.6 Å². The van der Waals surface area contributed by atoms with Crippen LogP contribution in [0.3, 0.4) is 0 Å². The van der Waals surface area contributed by atoms with Crippen molar-refractivity contribution in [3.8, 4) is 0 Å². The first-order valence-electron chi connectivity index (χ1n) is 4.83. The minimum absolute atomic E-state index is 0.0156. The lowest BCUT2D eigenvalue weighted by Gasteiger charge is -2.09. The average molecular weight is 190 g/mol. The van der Waals surface area contributed by atoms with E-state index in [4.69, 9.17) is 0 Å². The monoisotopic (exact) mass is 190 g/mol. The highest BCUT2D eigenvalue weighted by Crippen LogP contribution is 2.28. The molecule has 2 N–H and O–H groups in total. The Morgan fingerprint density at radius 3 is 3.00 bits per heavy atom. The normalized spacial score (nSPS) is 20.4. The minimum Gasteiger partial charge on any atom is -0.383 e. The molecule has 3 nitrogen and oxygen atoms in total. The summed E-state index contributed by atoms with van der Waals surface area (Å²) in [6.07, 6.45) is 0. The number of carbonyl (C=O) groups is 1. The van der Waals surface area contributed by atoms with Crippen molar-refractivity contribution in [2.75, 3.05) is 17.2 Å². The van der Waals surface area contributed by atoms with E-state index < -0.39 is 0 Å². The highest BCUT2D eigenvalue weighted by Gasteiger charge is 2.19. The molecule has 1 aromatic carbocycles. The van der Waals surface area contributed by atoms with Gasteiger partial charge in [-0.2, -0.15) is 0 Å². The van der Waals surface area contributed by atoms with E-state index in [0.29, 0.717) is 6.54 Å². The van der Waals surface area contributed by atoms with Crippen LogP contribution in [0.4, 0.5) is 11.4 Å². The summed E-state index contributed by atoms with van der Waals surface area (Å²) in [5.41, 5.74) is 3.03. The quantitative estimate of drug-likeness (QED) is 0.657. The van der Waals surface area contributed by atoms with Gasteiger partial charge in [0.05, 0.1) is 17.3 Å². The molecule has 1 atom stereocenters. The Morgan fingerprint density at radius 2 is 2.21 bits per heavy atom. The third-order valence-corrected chi connectivity index (χ3v) is 2.57. The minimum atomic E-state index is 0.0156. The number of rotatable bonds is 0. The molecule has 0 spiro atoms. The molecule has 1 aliphatic rings. The highest BCUT2D eigenvalue weighted by molar-refractivity contribution is 5.98. The highest BCUT2D eigenvalue weighted by atomic mass is 16.1. The number of fused-ring (bicyclic) bond motifs is 1. The molecule has 74 valence electrons. The van der Waals surface area contributed by atoms with Crippen LogP contribution in [-0.2, 0) is 4.79 Å². The third kappa shape index (κ3) is 1.45. The average Bonchev–Trinajstić information content (AvgIpc) is 2.30. The number of nitrogens with one attached hydrogen (secondary N) is 2. The van der Waals surface area contributed by atoms with Gasteiger partial charge in [0.2, 0.25) is 5.91 Å². The van der Waals surface area contributed by atoms with Crippen molar-refractivity contribution in [2.45, 2.75) is 13.8 Å². The maximum atomic E-state index is 11.6. The number of carbonyl (C=O) groups excluding carboxylic acids is 1. The van der Waals surface area contributed by atoms with E-state index in [1.807, 2.05) is 32.0 Å². The molecule has 0 saturated heterocycles. The zero-order chi connectivity index (χ0) is 10.1. The number of amides is 1. The number of hydrogen-bond acceptors (Lipinski definition) is 2. The lowest BCUT2D eigenvalue weighted by Crippen LogP contribution is -2.22. The molecule has 0 saturated carbocycles. The Hall–Kier alpha value is -1.51. The maximum Gasteiger partial charge on any atom is 0.229 e. The molecule has 14 heavy (non-hydrogen) atoms. The maximum absolute atomic E-state index is 11.6. The van der Waals surface area contributed by atoms with Crippen LogP contribution in [0, 0.1) is 12.8 Å². The van der Waals surface area contributed by atoms with Crippen LogP contribution >= 0.6 is 0 Å². The SMILES string of the molecule is Cc1cccc2c1NC(=O)C(C)CN2. The fourth-order valence-corrected chi connectivity index (χ4v) is 1.58. The predicted molar refractivity (Wildman–Crippen MR) is 57.5 cm³/mol. The van der Waals surface area contributed by atoms with Crippen LogP contribution in [0.2, 0.25) is 0 Å². The molecule has 0 aliphatic carbocycles. The predicted octanol–water partition coefficient (Wildman–Crippen LogP) is 2.00. The van der Waals surface area contributed by atoms with E-state index in [9.17, 15) is 4.79 Å². The van der Waals surface area contributed by atoms with Crippen molar-refractivity contribution < 1.29 is 4.79 Å². The summed E-state index contributed by atoms with van der Waals surface area (Å²) in [4.78, 5) is 11.6. The first-order valence-corrected chi connectivity index (χ1v) is 4.83. The number of para-hydroxylation sites is 1. The second kappa shape index (κ2) is 3.33. The molecule has 0 radical (unpaired) electrons. The summed E-state index contributed by atoms with van der Waals surface area (Å²) in [7, 11) is 0. The van der Waals surface area contributed by atoms with Crippen molar-refractivity contribution in [1.29, 1.82) is 0 Å². The van der Waals surface area contributed by atoms with Crippen molar-refractivity contribution >= 4 is 17.3 Å². The van der Waals surface area contributed by atoms with Crippen LogP contribution in [0.1, 0.15) is 12.5 Å². The smallest absolute Gasteiger partial charge is 0.229 e. The topological polar surface area (TPSA) is 41.1 Å². The number of benzene rings is 1. The van der Waals surface area contributed by atoms with E-state index in [2.05, 4.69) is 10.6 Å². The van der Waals surface area contributed by atoms with Crippen LogP contribution < -0.4 is 10.6 Å².